The van der Waals surface area contributed by atoms with Gasteiger partial charge in [0.1, 0.15) is 0 Å². The van der Waals surface area contributed by atoms with Crippen molar-refractivity contribution in [3.8, 4) is 0 Å². The average molecular weight is 255 g/mol. The molecule has 0 aromatic heterocycles. The van der Waals surface area contributed by atoms with Crippen LogP contribution in [-0.4, -0.2) is 11.8 Å². The molecule has 17 heavy (non-hydrogen) atoms. The molecule has 4 nitrogen and oxygen atoms in total. The maximum Gasteiger partial charge on any atom is 0.269 e. The van der Waals surface area contributed by atoms with Gasteiger partial charge in [0.25, 0.3) is 5.91 Å². The average Bonchev–Trinajstić information content (AvgIpc) is 2.35. The van der Waals surface area contributed by atoms with Gasteiger partial charge in [-0.05, 0) is 30.7 Å². The first-order valence-corrected chi connectivity index (χ1v) is 5.78. The van der Waals surface area contributed by atoms with E-state index in [1.54, 1.807) is 31.2 Å². The van der Waals surface area contributed by atoms with E-state index in [0.717, 1.165) is 6.42 Å². The maximum absolute atomic E-state index is 11.6. The number of hydrogen-bond donors (Lipinski definition) is 2. The van der Waals surface area contributed by atoms with Gasteiger partial charge in [-0.3, -0.25) is 20.4 Å². The van der Waals surface area contributed by atoms with Gasteiger partial charge in [0.2, 0.25) is 5.91 Å². The highest BCUT2D eigenvalue weighted by Gasteiger charge is 2.11. The third-order valence-electron chi connectivity index (χ3n) is 2.47. The summed E-state index contributed by atoms with van der Waals surface area (Å²) in [5.74, 6) is -0.686. The SMILES string of the molecule is CC[C@H](C)C(=O)NNC(=O)c1ccc(Cl)cc1. The van der Waals surface area contributed by atoms with E-state index in [4.69, 9.17) is 11.6 Å². The van der Waals surface area contributed by atoms with Crippen LogP contribution in [0.3, 0.4) is 0 Å². The van der Waals surface area contributed by atoms with Gasteiger partial charge in [-0.2, -0.15) is 0 Å². The molecule has 0 aliphatic rings. The Labute approximate surface area is 105 Å². The number of amides is 2. The van der Waals surface area contributed by atoms with Gasteiger partial charge in [0.05, 0.1) is 0 Å². The van der Waals surface area contributed by atoms with Crippen molar-refractivity contribution in [2.45, 2.75) is 20.3 Å². The molecule has 1 atom stereocenters. The van der Waals surface area contributed by atoms with Gasteiger partial charge in [-0.25, -0.2) is 0 Å². The molecule has 5 heteroatoms. The van der Waals surface area contributed by atoms with E-state index >= 15 is 0 Å². The van der Waals surface area contributed by atoms with E-state index in [2.05, 4.69) is 10.9 Å². The smallest absolute Gasteiger partial charge is 0.269 e. The number of nitrogens with one attached hydrogen (secondary N) is 2. The van der Waals surface area contributed by atoms with Crippen molar-refractivity contribution >= 4 is 23.4 Å². The number of halogens is 1. The van der Waals surface area contributed by atoms with Crippen LogP contribution in [-0.2, 0) is 4.79 Å². The van der Waals surface area contributed by atoms with Crippen molar-refractivity contribution in [3.63, 3.8) is 0 Å². The molecule has 92 valence electrons. The summed E-state index contributed by atoms with van der Waals surface area (Å²) in [6.45, 7) is 3.70. The zero-order chi connectivity index (χ0) is 12.8. The van der Waals surface area contributed by atoms with E-state index in [0.29, 0.717) is 10.6 Å². The summed E-state index contributed by atoms with van der Waals surface area (Å²) in [6.07, 6.45) is 0.725. The normalized spacial score (nSPS) is 11.7. The zero-order valence-corrected chi connectivity index (χ0v) is 10.5. The second-order valence-corrected chi connectivity index (χ2v) is 4.20. The van der Waals surface area contributed by atoms with Crippen molar-refractivity contribution < 1.29 is 9.59 Å². The van der Waals surface area contributed by atoms with Gasteiger partial charge in [-0.15, -0.1) is 0 Å². The summed E-state index contributed by atoms with van der Waals surface area (Å²) in [7, 11) is 0. The zero-order valence-electron chi connectivity index (χ0n) is 9.79. The monoisotopic (exact) mass is 254 g/mol. The fourth-order valence-electron chi connectivity index (χ4n) is 1.10. The highest BCUT2D eigenvalue weighted by atomic mass is 35.5. The van der Waals surface area contributed by atoms with Crippen LogP contribution < -0.4 is 10.9 Å². The predicted octanol–water partition coefficient (Wildman–Crippen LogP) is 2.15. The lowest BCUT2D eigenvalue weighted by atomic mass is 10.1. The summed E-state index contributed by atoms with van der Waals surface area (Å²) in [6, 6.07) is 6.42. The number of hydrogen-bond acceptors (Lipinski definition) is 2. The van der Waals surface area contributed by atoms with E-state index in [1.807, 2.05) is 6.92 Å². The minimum Gasteiger partial charge on any atom is -0.273 e. The second-order valence-electron chi connectivity index (χ2n) is 3.76. The first-order valence-electron chi connectivity index (χ1n) is 5.40. The Balaban J connectivity index is 2.50. The topological polar surface area (TPSA) is 58.2 Å². The van der Waals surface area contributed by atoms with Crippen LogP contribution >= 0.6 is 11.6 Å². The van der Waals surface area contributed by atoms with Gasteiger partial charge < -0.3 is 0 Å². The van der Waals surface area contributed by atoms with Gasteiger partial charge in [-0.1, -0.05) is 25.4 Å². The van der Waals surface area contributed by atoms with Gasteiger partial charge in [0, 0.05) is 16.5 Å². The van der Waals surface area contributed by atoms with Crippen molar-refractivity contribution in [3.05, 3.63) is 34.9 Å². The van der Waals surface area contributed by atoms with E-state index in [-0.39, 0.29) is 17.7 Å². The third-order valence-corrected chi connectivity index (χ3v) is 2.72. The Hall–Kier alpha value is -1.55. The quantitative estimate of drug-likeness (QED) is 0.812. The van der Waals surface area contributed by atoms with Crippen molar-refractivity contribution in [2.75, 3.05) is 0 Å². The molecule has 0 saturated carbocycles. The molecule has 1 aromatic carbocycles. The molecule has 0 heterocycles. The summed E-state index contributed by atoms with van der Waals surface area (Å²) in [5.41, 5.74) is 5.17. The van der Waals surface area contributed by atoms with E-state index in [1.165, 1.54) is 0 Å². The lowest BCUT2D eigenvalue weighted by Crippen LogP contribution is -2.43. The summed E-state index contributed by atoms with van der Waals surface area (Å²) >= 11 is 5.70. The summed E-state index contributed by atoms with van der Waals surface area (Å²) in [4.78, 5) is 23.0. The number of rotatable bonds is 3. The molecular formula is C12H15ClN2O2. The molecule has 0 spiro atoms. The molecule has 2 N–H and O–H groups in total. The molecule has 0 bridgehead atoms. The molecule has 0 aliphatic heterocycles. The molecule has 0 aliphatic carbocycles. The van der Waals surface area contributed by atoms with Crippen LogP contribution in [0, 0.1) is 5.92 Å². The number of carbonyl (C=O) groups is 2. The van der Waals surface area contributed by atoms with E-state index in [9.17, 15) is 9.59 Å². The molecular weight excluding hydrogens is 240 g/mol. The van der Waals surface area contributed by atoms with Crippen molar-refractivity contribution in [2.24, 2.45) is 5.92 Å². The Morgan fingerprint density at radius 3 is 2.35 bits per heavy atom. The molecule has 1 aromatic rings. The largest absolute Gasteiger partial charge is 0.273 e. The first-order chi connectivity index (χ1) is 8.04. The van der Waals surface area contributed by atoms with Crippen LogP contribution in [0.5, 0.6) is 0 Å². The van der Waals surface area contributed by atoms with Gasteiger partial charge >= 0.3 is 0 Å². The molecule has 1 rings (SSSR count). The highest BCUT2D eigenvalue weighted by Crippen LogP contribution is 2.09. The van der Waals surface area contributed by atoms with Crippen LogP contribution in [0.4, 0.5) is 0 Å². The molecule has 0 fully saturated rings. The lowest BCUT2D eigenvalue weighted by Gasteiger charge is -2.10. The Bertz CT molecular complexity index is 403. The molecule has 0 radical (unpaired) electrons. The van der Waals surface area contributed by atoms with Crippen molar-refractivity contribution in [1.82, 2.24) is 10.9 Å². The Morgan fingerprint density at radius 1 is 1.24 bits per heavy atom. The Kier molecular flexibility index (Phi) is 4.97. The fourth-order valence-corrected chi connectivity index (χ4v) is 1.23. The van der Waals surface area contributed by atoms with Crippen LogP contribution in [0.1, 0.15) is 30.6 Å². The highest BCUT2D eigenvalue weighted by molar-refractivity contribution is 6.30. The number of benzene rings is 1. The first kappa shape index (κ1) is 13.5. The number of hydrazine groups is 1. The third kappa shape index (κ3) is 4.07. The van der Waals surface area contributed by atoms with Crippen LogP contribution in [0.15, 0.2) is 24.3 Å². The fraction of sp³-hybridized carbons (Fsp3) is 0.333. The van der Waals surface area contributed by atoms with Gasteiger partial charge in [0.15, 0.2) is 0 Å². The molecule has 0 saturated heterocycles. The molecule has 0 unspecified atom stereocenters. The second kappa shape index (κ2) is 6.25. The minimum atomic E-state index is -0.363. The maximum atomic E-state index is 11.6. The summed E-state index contributed by atoms with van der Waals surface area (Å²) in [5, 5.41) is 0.560. The number of carbonyl (C=O) groups excluding carboxylic acids is 2. The van der Waals surface area contributed by atoms with Crippen molar-refractivity contribution in [1.29, 1.82) is 0 Å². The standard InChI is InChI=1S/C12H15ClN2O2/c1-3-8(2)11(16)14-15-12(17)9-4-6-10(13)7-5-9/h4-8H,3H2,1-2H3,(H,14,16)(H,15,17)/t8-/m0/s1. The molecule has 2 amide bonds. The van der Waals surface area contributed by atoms with E-state index < -0.39 is 0 Å². The summed E-state index contributed by atoms with van der Waals surface area (Å²) < 4.78 is 0. The van der Waals surface area contributed by atoms with Crippen LogP contribution in [0.2, 0.25) is 5.02 Å². The minimum absolute atomic E-state index is 0.125. The van der Waals surface area contributed by atoms with Crippen LogP contribution in [0.25, 0.3) is 0 Å². The lowest BCUT2D eigenvalue weighted by molar-refractivity contribution is -0.125. The predicted molar refractivity (Wildman–Crippen MR) is 66.5 cm³/mol. The Morgan fingerprint density at radius 2 is 1.82 bits per heavy atom.